The Bertz CT molecular complexity index is 459. The molecule has 4 atom stereocenters. The monoisotopic (exact) mass is 231 g/mol. The van der Waals surface area contributed by atoms with Gasteiger partial charge in [-0.1, -0.05) is 35.5 Å². The van der Waals surface area contributed by atoms with Crippen LogP contribution in [0.5, 0.6) is 0 Å². The number of nitrogens with zero attached hydrogens (tertiary/aromatic N) is 1. The Balaban J connectivity index is 1.69. The van der Waals surface area contributed by atoms with Gasteiger partial charge in [0, 0.05) is 6.42 Å². The highest BCUT2D eigenvalue weighted by molar-refractivity contribution is 6.03. The summed E-state index contributed by atoms with van der Waals surface area (Å²) in [4.78, 5) is 5.53. The molecule has 3 aliphatic rings. The summed E-state index contributed by atoms with van der Waals surface area (Å²) >= 11 is 0. The Hall–Kier alpha value is -1.39. The van der Waals surface area contributed by atoms with Gasteiger partial charge in [-0.15, -0.1) is 0 Å². The van der Waals surface area contributed by atoms with Crippen LogP contribution in [0.25, 0.3) is 0 Å². The Morgan fingerprint density at radius 1 is 1.18 bits per heavy atom. The minimum Gasteiger partial charge on any atom is -0.391 e. The maximum absolute atomic E-state index is 5.78. The Morgan fingerprint density at radius 3 is 2.94 bits per heavy atom. The summed E-state index contributed by atoms with van der Waals surface area (Å²) in [5.74, 6) is 0.121. The molecule has 0 aliphatic carbocycles. The van der Waals surface area contributed by atoms with E-state index in [4.69, 9.17) is 14.3 Å². The molecule has 2 bridgehead atoms. The third-order valence-corrected chi connectivity index (χ3v) is 3.63. The molecule has 17 heavy (non-hydrogen) atoms. The number of hydrogen-bond donors (Lipinski definition) is 0. The first-order chi connectivity index (χ1) is 8.42. The van der Waals surface area contributed by atoms with Gasteiger partial charge in [0.15, 0.2) is 6.29 Å². The average molecular weight is 231 g/mol. The first-order valence-electron chi connectivity index (χ1n) is 5.98. The fourth-order valence-corrected chi connectivity index (χ4v) is 2.82. The molecule has 2 fully saturated rings. The van der Waals surface area contributed by atoms with E-state index in [0.29, 0.717) is 6.61 Å². The lowest BCUT2D eigenvalue weighted by atomic mass is 9.88. The SMILES string of the molecule is c1ccc(C2=NO[C@@H]3C[C@H]4CO[C@H](O4)[C@H]23)cc1. The highest BCUT2D eigenvalue weighted by Crippen LogP contribution is 2.39. The van der Waals surface area contributed by atoms with Crippen molar-refractivity contribution in [3.8, 4) is 0 Å². The van der Waals surface area contributed by atoms with Crippen LogP contribution in [0.2, 0.25) is 0 Å². The summed E-state index contributed by atoms with van der Waals surface area (Å²) in [6.07, 6.45) is 1.00. The highest BCUT2D eigenvalue weighted by Gasteiger charge is 2.51. The summed E-state index contributed by atoms with van der Waals surface area (Å²) < 4.78 is 11.4. The molecule has 0 amide bonds. The average Bonchev–Trinajstić information content (AvgIpc) is 2.96. The van der Waals surface area contributed by atoms with E-state index >= 15 is 0 Å². The van der Waals surface area contributed by atoms with Gasteiger partial charge in [0.2, 0.25) is 0 Å². The van der Waals surface area contributed by atoms with Crippen LogP contribution in [0.1, 0.15) is 12.0 Å². The summed E-state index contributed by atoms with van der Waals surface area (Å²) in [6, 6.07) is 10.1. The standard InChI is InChI=1S/C13H13NO3/c1-2-4-8(5-3-1)12-11-10(17-14-12)6-9-7-15-13(11)16-9/h1-5,9-11,13H,6-7H2/t9-,10+,11-,13+/m0/s1. The van der Waals surface area contributed by atoms with E-state index in [1.807, 2.05) is 30.3 Å². The molecule has 0 aromatic heterocycles. The van der Waals surface area contributed by atoms with E-state index in [0.717, 1.165) is 17.7 Å². The van der Waals surface area contributed by atoms with Crippen molar-refractivity contribution in [2.75, 3.05) is 6.61 Å². The fourth-order valence-electron chi connectivity index (χ4n) is 2.82. The molecule has 1 aromatic rings. The molecule has 3 aliphatic heterocycles. The molecule has 2 saturated heterocycles. The number of rotatable bonds is 1. The van der Waals surface area contributed by atoms with Crippen LogP contribution in [-0.2, 0) is 14.3 Å². The molecule has 1 aromatic carbocycles. The van der Waals surface area contributed by atoms with Gasteiger partial charge in [0.1, 0.15) is 6.10 Å². The minimum atomic E-state index is -0.180. The predicted octanol–water partition coefficient (Wildman–Crippen LogP) is 1.55. The van der Waals surface area contributed by atoms with Crippen LogP contribution in [0, 0.1) is 5.92 Å². The van der Waals surface area contributed by atoms with E-state index in [2.05, 4.69) is 5.16 Å². The van der Waals surface area contributed by atoms with Crippen molar-refractivity contribution in [1.82, 2.24) is 0 Å². The van der Waals surface area contributed by atoms with Gasteiger partial charge < -0.3 is 14.3 Å². The van der Waals surface area contributed by atoms with Crippen LogP contribution >= 0.6 is 0 Å². The second-order valence-corrected chi connectivity index (χ2v) is 4.71. The van der Waals surface area contributed by atoms with E-state index in [1.54, 1.807) is 0 Å². The lowest BCUT2D eigenvalue weighted by molar-refractivity contribution is -0.141. The summed E-state index contributed by atoms with van der Waals surface area (Å²) in [5, 5.41) is 4.23. The van der Waals surface area contributed by atoms with E-state index in [9.17, 15) is 0 Å². The molecule has 3 heterocycles. The number of oxime groups is 1. The summed E-state index contributed by atoms with van der Waals surface area (Å²) in [5.41, 5.74) is 2.05. The van der Waals surface area contributed by atoms with Crippen molar-refractivity contribution in [2.24, 2.45) is 11.1 Å². The maximum Gasteiger partial charge on any atom is 0.170 e. The number of fused-ring (bicyclic) bond motifs is 4. The van der Waals surface area contributed by atoms with Gasteiger partial charge in [-0.25, -0.2) is 0 Å². The van der Waals surface area contributed by atoms with Crippen molar-refractivity contribution >= 4 is 5.71 Å². The molecule has 0 spiro atoms. The molecule has 0 N–H and O–H groups in total. The third kappa shape index (κ3) is 1.41. The van der Waals surface area contributed by atoms with Crippen LogP contribution in [0.4, 0.5) is 0 Å². The first kappa shape index (κ1) is 9.62. The van der Waals surface area contributed by atoms with Crippen molar-refractivity contribution in [1.29, 1.82) is 0 Å². The molecule has 0 radical (unpaired) electrons. The molecular weight excluding hydrogens is 218 g/mol. The number of ether oxygens (including phenoxy) is 2. The van der Waals surface area contributed by atoms with Gasteiger partial charge >= 0.3 is 0 Å². The minimum absolute atomic E-state index is 0.121. The van der Waals surface area contributed by atoms with Gasteiger partial charge in [0.25, 0.3) is 0 Å². The molecule has 4 rings (SSSR count). The van der Waals surface area contributed by atoms with Gasteiger partial charge in [0.05, 0.1) is 24.3 Å². The first-order valence-corrected chi connectivity index (χ1v) is 5.98. The van der Waals surface area contributed by atoms with Gasteiger partial charge in [-0.05, 0) is 5.56 Å². The van der Waals surface area contributed by atoms with Crippen LogP contribution in [0.3, 0.4) is 0 Å². The molecule has 4 heteroatoms. The maximum atomic E-state index is 5.78. The highest BCUT2D eigenvalue weighted by atomic mass is 16.7. The third-order valence-electron chi connectivity index (χ3n) is 3.63. The smallest absolute Gasteiger partial charge is 0.170 e. The lowest BCUT2D eigenvalue weighted by Crippen LogP contribution is -2.41. The van der Waals surface area contributed by atoms with E-state index < -0.39 is 0 Å². The second kappa shape index (κ2) is 3.55. The van der Waals surface area contributed by atoms with Crippen LogP contribution in [0.15, 0.2) is 35.5 Å². The molecular formula is C13H13NO3. The number of hydrogen-bond acceptors (Lipinski definition) is 4. The van der Waals surface area contributed by atoms with Crippen molar-refractivity contribution in [2.45, 2.75) is 24.9 Å². The Morgan fingerprint density at radius 2 is 2.06 bits per heavy atom. The van der Waals surface area contributed by atoms with Gasteiger partial charge in [-0.3, -0.25) is 0 Å². The summed E-state index contributed by atoms with van der Waals surface area (Å²) in [6.45, 7) is 0.684. The Labute approximate surface area is 99.2 Å². The largest absolute Gasteiger partial charge is 0.391 e. The molecule has 0 saturated carbocycles. The van der Waals surface area contributed by atoms with Crippen LogP contribution in [-0.4, -0.2) is 30.8 Å². The molecule has 88 valence electrons. The fraction of sp³-hybridized carbons (Fsp3) is 0.462. The van der Waals surface area contributed by atoms with Crippen molar-refractivity contribution in [3.05, 3.63) is 35.9 Å². The van der Waals surface area contributed by atoms with Crippen molar-refractivity contribution in [3.63, 3.8) is 0 Å². The molecule has 4 nitrogen and oxygen atoms in total. The summed E-state index contributed by atoms with van der Waals surface area (Å²) in [7, 11) is 0. The topological polar surface area (TPSA) is 40.0 Å². The molecule has 0 unspecified atom stereocenters. The zero-order chi connectivity index (χ0) is 11.2. The predicted molar refractivity (Wildman–Crippen MR) is 60.6 cm³/mol. The quantitative estimate of drug-likeness (QED) is 0.736. The van der Waals surface area contributed by atoms with Gasteiger partial charge in [-0.2, -0.15) is 0 Å². The Kier molecular flexibility index (Phi) is 2.01. The van der Waals surface area contributed by atoms with Crippen molar-refractivity contribution < 1.29 is 14.3 Å². The second-order valence-electron chi connectivity index (χ2n) is 4.71. The lowest BCUT2D eigenvalue weighted by Gasteiger charge is -2.28. The van der Waals surface area contributed by atoms with E-state index in [1.165, 1.54) is 0 Å². The van der Waals surface area contributed by atoms with E-state index in [-0.39, 0.29) is 24.4 Å². The number of benzene rings is 1. The zero-order valence-electron chi connectivity index (χ0n) is 9.28. The van der Waals surface area contributed by atoms with Crippen LogP contribution < -0.4 is 0 Å². The zero-order valence-corrected chi connectivity index (χ0v) is 9.28. The normalized spacial score (nSPS) is 38.5.